The molecule has 178 valence electrons. The van der Waals surface area contributed by atoms with Crippen molar-refractivity contribution in [1.82, 2.24) is 19.2 Å². The zero-order chi connectivity index (χ0) is 24.6. The lowest BCUT2D eigenvalue weighted by molar-refractivity contribution is -0.168. The van der Waals surface area contributed by atoms with Crippen LogP contribution in [0.15, 0.2) is 49.1 Å². The van der Waals surface area contributed by atoms with Crippen LogP contribution in [0, 0.1) is 5.92 Å². The largest absolute Gasteiger partial charge is 0.496 e. The average Bonchev–Trinajstić information content (AvgIpc) is 3.43. The molecule has 1 atom stereocenters. The molecule has 0 aliphatic heterocycles. The minimum Gasteiger partial charge on any atom is -0.496 e. The highest BCUT2D eigenvalue weighted by molar-refractivity contribution is 6.02. The number of hydrogen-bond acceptors (Lipinski definition) is 5. The molecule has 1 aromatic carbocycles. The second-order valence-corrected chi connectivity index (χ2v) is 8.02. The number of pyridine rings is 1. The van der Waals surface area contributed by atoms with Gasteiger partial charge in [0.25, 0.3) is 0 Å². The predicted octanol–water partition coefficient (Wildman–Crippen LogP) is 5.19. The maximum Gasteiger partial charge on any atom is 0.391 e. The topological polar surface area (TPSA) is 70.7 Å². The van der Waals surface area contributed by atoms with Crippen molar-refractivity contribution in [1.29, 1.82) is 0 Å². The molecule has 0 N–H and O–H groups in total. The Morgan fingerprint density at radius 1 is 1.06 bits per heavy atom. The molecule has 3 aromatic heterocycles. The highest BCUT2D eigenvalue weighted by Gasteiger charge is 2.38. The minimum atomic E-state index is -4.47. The second kappa shape index (κ2) is 8.85. The number of Topliss-reactive ketones (excluding diaryl/α,β-unsaturated/α-hetero) is 1. The van der Waals surface area contributed by atoms with Crippen molar-refractivity contribution in [2.45, 2.75) is 19.5 Å². The van der Waals surface area contributed by atoms with Crippen molar-refractivity contribution in [2.24, 2.45) is 13.0 Å². The van der Waals surface area contributed by atoms with E-state index in [4.69, 9.17) is 9.47 Å². The number of aryl methyl sites for hydroxylation is 1. The van der Waals surface area contributed by atoms with E-state index in [0.717, 1.165) is 18.1 Å². The summed E-state index contributed by atoms with van der Waals surface area (Å²) in [6.45, 7) is 0.976. The van der Waals surface area contributed by atoms with Crippen LogP contribution in [0.1, 0.15) is 23.7 Å². The summed E-state index contributed by atoms with van der Waals surface area (Å²) < 4.78 is 53.3. The van der Waals surface area contributed by atoms with Crippen LogP contribution in [0.25, 0.3) is 28.0 Å². The van der Waals surface area contributed by atoms with Crippen LogP contribution in [-0.4, -0.2) is 45.3 Å². The molecule has 10 heteroatoms. The molecule has 0 saturated heterocycles. The summed E-state index contributed by atoms with van der Waals surface area (Å²) in [6, 6.07) is 7.06. The first-order chi connectivity index (χ1) is 16.1. The summed E-state index contributed by atoms with van der Waals surface area (Å²) in [7, 11) is 4.56. The molecule has 0 unspecified atom stereocenters. The fraction of sp³-hybridized carbons (Fsp3) is 0.292. The van der Waals surface area contributed by atoms with Gasteiger partial charge in [0.2, 0.25) is 0 Å². The van der Waals surface area contributed by atoms with E-state index in [0.29, 0.717) is 16.9 Å². The van der Waals surface area contributed by atoms with Crippen LogP contribution in [0.3, 0.4) is 0 Å². The molecule has 7 nitrogen and oxygen atoms in total. The highest BCUT2D eigenvalue weighted by Crippen LogP contribution is 2.38. The third kappa shape index (κ3) is 4.35. The van der Waals surface area contributed by atoms with Crippen molar-refractivity contribution in [2.75, 3.05) is 14.2 Å². The number of imidazole rings is 1. The Morgan fingerprint density at radius 2 is 1.74 bits per heavy atom. The number of nitrogens with zero attached hydrogens (tertiary/aromatic N) is 4. The molecule has 3 heterocycles. The Kier molecular flexibility index (Phi) is 6.07. The van der Waals surface area contributed by atoms with Crippen LogP contribution in [0.4, 0.5) is 13.2 Å². The second-order valence-electron chi connectivity index (χ2n) is 8.02. The lowest BCUT2D eigenvalue weighted by Gasteiger charge is -2.18. The third-order valence-corrected chi connectivity index (χ3v) is 5.68. The number of hydrogen-bond donors (Lipinski definition) is 0. The Bertz CT molecular complexity index is 1330. The number of carbonyl (C=O) groups excluding carboxylic acids is 1. The van der Waals surface area contributed by atoms with Gasteiger partial charge in [-0.15, -0.1) is 0 Å². The standard InChI is InChI=1S/C24H23F3N4O3/c1-14(24(25,26)27)7-19(32)23-20(33-3)8-16(9-21(23)34-4)18-12-28-22-10-15(5-6-31(18)22)17-11-29-30(2)13-17/h5-6,8-14H,7H2,1-4H3/t14-/m0/s1. The van der Waals surface area contributed by atoms with Crippen LogP contribution in [0.2, 0.25) is 0 Å². The monoisotopic (exact) mass is 472 g/mol. The molecular formula is C24H23F3N4O3. The number of methoxy groups -OCH3 is 2. The summed E-state index contributed by atoms with van der Waals surface area (Å²) in [5.41, 5.74) is 3.91. The molecule has 0 radical (unpaired) electrons. The first kappa shape index (κ1) is 23.3. The van der Waals surface area contributed by atoms with E-state index in [1.807, 2.05) is 36.0 Å². The maximum absolute atomic E-state index is 13.0. The van der Waals surface area contributed by atoms with Gasteiger partial charge in [-0.05, 0) is 29.8 Å². The Labute approximate surface area is 193 Å². The van der Waals surface area contributed by atoms with Crippen molar-refractivity contribution in [3.8, 4) is 33.9 Å². The maximum atomic E-state index is 13.0. The van der Waals surface area contributed by atoms with E-state index >= 15 is 0 Å². The quantitative estimate of drug-likeness (QED) is 0.346. The third-order valence-electron chi connectivity index (χ3n) is 5.68. The van der Waals surface area contributed by atoms with Gasteiger partial charge < -0.3 is 9.47 Å². The highest BCUT2D eigenvalue weighted by atomic mass is 19.4. The summed E-state index contributed by atoms with van der Waals surface area (Å²) in [6.07, 6.45) is 2.03. The van der Waals surface area contributed by atoms with Crippen molar-refractivity contribution >= 4 is 11.4 Å². The Balaban J connectivity index is 1.74. The molecule has 0 spiro atoms. The molecule has 0 aliphatic rings. The summed E-state index contributed by atoms with van der Waals surface area (Å²) in [4.78, 5) is 17.2. The van der Waals surface area contributed by atoms with E-state index in [1.165, 1.54) is 14.2 Å². The van der Waals surface area contributed by atoms with E-state index in [1.54, 1.807) is 29.2 Å². The Morgan fingerprint density at radius 3 is 2.29 bits per heavy atom. The molecule has 0 bridgehead atoms. The number of halogens is 3. The normalized spacial score (nSPS) is 12.7. The first-order valence-corrected chi connectivity index (χ1v) is 10.4. The van der Waals surface area contributed by atoms with Gasteiger partial charge in [-0.3, -0.25) is 13.9 Å². The summed E-state index contributed by atoms with van der Waals surface area (Å²) in [5.74, 6) is -2.22. The molecular weight excluding hydrogens is 449 g/mol. The van der Waals surface area contributed by atoms with Crippen molar-refractivity contribution in [3.05, 3.63) is 54.6 Å². The van der Waals surface area contributed by atoms with Gasteiger partial charge in [0, 0.05) is 37.0 Å². The number of rotatable bonds is 7. The first-order valence-electron chi connectivity index (χ1n) is 10.4. The number of benzene rings is 1. The smallest absolute Gasteiger partial charge is 0.391 e. The lowest BCUT2D eigenvalue weighted by atomic mass is 9.96. The zero-order valence-corrected chi connectivity index (χ0v) is 19.1. The van der Waals surface area contributed by atoms with Crippen LogP contribution < -0.4 is 9.47 Å². The van der Waals surface area contributed by atoms with Crippen LogP contribution in [0.5, 0.6) is 11.5 Å². The SMILES string of the molecule is COc1cc(-c2cnc3cc(-c4cnn(C)c4)ccn23)cc(OC)c1C(=O)C[C@H](C)C(F)(F)F. The van der Waals surface area contributed by atoms with Gasteiger partial charge in [-0.1, -0.05) is 6.92 Å². The van der Waals surface area contributed by atoms with Gasteiger partial charge in [0.15, 0.2) is 5.78 Å². The number of fused-ring (bicyclic) bond motifs is 1. The Hall–Kier alpha value is -3.82. The molecule has 34 heavy (non-hydrogen) atoms. The predicted molar refractivity (Wildman–Crippen MR) is 120 cm³/mol. The summed E-state index contributed by atoms with van der Waals surface area (Å²) >= 11 is 0. The molecule has 0 fully saturated rings. The van der Waals surface area contributed by atoms with E-state index in [9.17, 15) is 18.0 Å². The van der Waals surface area contributed by atoms with Crippen LogP contribution >= 0.6 is 0 Å². The van der Waals surface area contributed by atoms with Gasteiger partial charge in [0.05, 0.1) is 38.2 Å². The molecule has 0 saturated carbocycles. The minimum absolute atomic E-state index is 0.0162. The van der Waals surface area contributed by atoms with Gasteiger partial charge >= 0.3 is 6.18 Å². The lowest BCUT2D eigenvalue weighted by Crippen LogP contribution is -2.23. The van der Waals surface area contributed by atoms with E-state index in [-0.39, 0.29) is 17.1 Å². The molecule has 0 amide bonds. The molecule has 4 rings (SSSR count). The van der Waals surface area contributed by atoms with E-state index in [2.05, 4.69) is 10.1 Å². The molecule has 4 aromatic rings. The van der Waals surface area contributed by atoms with Crippen molar-refractivity contribution in [3.63, 3.8) is 0 Å². The zero-order valence-electron chi connectivity index (χ0n) is 19.1. The fourth-order valence-electron chi connectivity index (χ4n) is 3.77. The number of ketones is 1. The van der Waals surface area contributed by atoms with E-state index < -0.39 is 24.3 Å². The fourth-order valence-corrected chi connectivity index (χ4v) is 3.77. The van der Waals surface area contributed by atoms with Gasteiger partial charge in [0.1, 0.15) is 22.7 Å². The average molecular weight is 472 g/mol. The summed E-state index contributed by atoms with van der Waals surface area (Å²) in [5, 5.41) is 4.19. The van der Waals surface area contributed by atoms with Gasteiger partial charge in [-0.25, -0.2) is 4.98 Å². The number of alkyl halides is 3. The number of ether oxygens (including phenoxy) is 2. The van der Waals surface area contributed by atoms with Crippen LogP contribution in [-0.2, 0) is 7.05 Å². The molecule has 0 aliphatic carbocycles. The number of carbonyl (C=O) groups is 1. The van der Waals surface area contributed by atoms with Crippen molar-refractivity contribution < 1.29 is 27.4 Å². The number of aromatic nitrogens is 4. The van der Waals surface area contributed by atoms with Gasteiger partial charge in [-0.2, -0.15) is 18.3 Å².